The maximum Gasteiger partial charge on any atom is 0.230 e. The average Bonchev–Trinajstić information content (AvgIpc) is 3.18. The van der Waals surface area contributed by atoms with Crippen molar-refractivity contribution in [3.8, 4) is 17.2 Å². The van der Waals surface area contributed by atoms with E-state index >= 15 is 0 Å². The zero-order chi connectivity index (χ0) is 19.8. The Bertz CT molecular complexity index is 912. The number of hydrogen-bond acceptors (Lipinski definition) is 5. The lowest BCUT2D eigenvalue weighted by atomic mass is 10.1. The lowest BCUT2D eigenvalue weighted by Gasteiger charge is -2.09. The number of oxazole rings is 1. The van der Waals surface area contributed by atoms with E-state index in [9.17, 15) is 4.79 Å². The SMILES string of the molecule is COc1ccccc1CCNC(=O)CSCc1coc(-c2ccc(Cl)cc2)n1. The zero-order valence-electron chi connectivity index (χ0n) is 15.5. The molecule has 28 heavy (non-hydrogen) atoms. The predicted octanol–water partition coefficient (Wildman–Crippen LogP) is 4.60. The molecule has 0 unspecified atom stereocenters. The number of thioether (sulfide) groups is 1. The first-order valence-corrected chi connectivity index (χ1v) is 10.4. The molecular formula is C21H21ClN2O3S. The summed E-state index contributed by atoms with van der Waals surface area (Å²) in [6, 6.07) is 15.1. The molecule has 0 saturated carbocycles. The van der Waals surface area contributed by atoms with Gasteiger partial charge in [0.15, 0.2) is 0 Å². The summed E-state index contributed by atoms with van der Waals surface area (Å²) < 4.78 is 10.8. The highest BCUT2D eigenvalue weighted by Gasteiger charge is 2.09. The van der Waals surface area contributed by atoms with Gasteiger partial charge in [0, 0.05) is 22.9 Å². The molecule has 3 rings (SSSR count). The third-order valence-electron chi connectivity index (χ3n) is 4.04. The second-order valence-electron chi connectivity index (χ2n) is 6.06. The van der Waals surface area contributed by atoms with E-state index in [-0.39, 0.29) is 5.91 Å². The van der Waals surface area contributed by atoms with Crippen LogP contribution < -0.4 is 10.1 Å². The summed E-state index contributed by atoms with van der Waals surface area (Å²) in [6.07, 6.45) is 2.35. The lowest BCUT2D eigenvalue weighted by Crippen LogP contribution is -2.27. The van der Waals surface area contributed by atoms with Gasteiger partial charge in [-0.05, 0) is 42.3 Å². The van der Waals surface area contributed by atoms with Gasteiger partial charge in [0.05, 0.1) is 18.6 Å². The van der Waals surface area contributed by atoms with Gasteiger partial charge in [0.1, 0.15) is 12.0 Å². The van der Waals surface area contributed by atoms with Crippen LogP contribution >= 0.6 is 23.4 Å². The van der Waals surface area contributed by atoms with Crippen molar-refractivity contribution in [2.75, 3.05) is 19.4 Å². The Morgan fingerprint density at radius 1 is 1.21 bits per heavy atom. The van der Waals surface area contributed by atoms with Crippen LogP contribution in [0.25, 0.3) is 11.5 Å². The monoisotopic (exact) mass is 416 g/mol. The molecule has 1 amide bonds. The van der Waals surface area contributed by atoms with Gasteiger partial charge in [-0.25, -0.2) is 4.98 Å². The quantitative estimate of drug-likeness (QED) is 0.552. The molecule has 0 aliphatic heterocycles. The van der Waals surface area contributed by atoms with Crippen molar-refractivity contribution in [1.82, 2.24) is 10.3 Å². The van der Waals surface area contributed by atoms with Crippen molar-refractivity contribution in [1.29, 1.82) is 0 Å². The van der Waals surface area contributed by atoms with Crippen LogP contribution in [0.5, 0.6) is 5.75 Å². The topological polar surface area (TPSA) is 64.4 Å². The van der Waals surface area contributed by atoms with E-state index in [0.29, 0.717) is 29.0 Å². The molecule has 1 heterocycles. The third-order valence-corrected chi connectivity index (χ3v) is 5.25. The molecule has 0 fully saturated rings. The van der Waals surface area contributed by atoms with Crippen molar-refractivity contribution < 1.29 is 13.9 Å². The van der Waals surface area contributed by atoms with Crippen LogP contribution in [-0.2, 0) is 17.0 Å². The minimum Gasteiger partial charge on any atom is -0.496 e. The second kappa shape index (κ2) is 10.2. The maximum absolute atomic E-state index is 12.0. The van der Waals surface area contributed by atoms with Gasteiger partial charge in [-0.15, -0.1) is 11.8 Å². The molecule has 5 nitrogen and oxygen atoms in total. The Kier molecular flexibility index (Phi) is 7.39. The number of halogens is 1. The number of ether oxygens (including phenoxy) is 1. The van der Waals surface area contributed by atoms with Gasteiger partial charge in [-0.3, -0.25) is 4.79 Å². The van der Waals surface area contributed by atoms with Crippen LogP contribution in [0.2, 0.25) is 5.02 Å². The van der Waals surface area contributed by atoms with Crippen molar-refractivity contribution in [2.45, 2.75) is 12.2 Å². The first-order valence-electron chi connectivity index (χ1n) is 8.82. The highest BCUT2D eigenvalue weighted by molar-refractivity contribution is 7.99. The first-order chi connectivity index (χ1) is 13.7. The number of nitrogens with zero attached hydrogens (tertiary/aromatic N) is 1. The summed E-state index contributed by atoms with van der Waals surface area (Å²) in [5.74, 6) is 2.37. The zero-order valence-corrected chi connectivity index (χ0v) is 17.1. The van der Waals surface area contributed by atoms with Gasteiger partial charge >= 0.3 is 0 Å². The molecule has 7 heteroatoms. The second-order valence-corrected chi connectivity index (χ2v) is 7.48. The van der Waals surface area contributed by atoms with E-state index in [1.165, 1.54) is 11.8 Å². The summed E-state index contributed by atoms with van der Waals surface area (Å²) in [5.41, 5.74) is 2.75. The van der Waals surface area contributed by atoms with Gasteiger partial charge in [0.2, 0.25) is 11.8 Å². The number of hydrogen-bond donors (Lipinski definition) is 1. The van der Waals surface area contributed by atoms with E-state index in [2.05, 4.69) is 10.3 Å². The number of carbonyl (C=O) groups excluding carboxylic acids is 1. The minimum absolute atomic E-state index is 0.00122. The number of nitrogens with one attached hydrogen (secondary N) is 1. The highest BCUT2D eigenvalue weighted by atomic mass is 35.5. The van der Waals surface area contributed by atoms with Crippen LogP contribution in [0.15, 0.2) is 59.2 Å². The number of aromatic nitrogens is 1. The van der Waals surface area contributed by atoms with Crippen molar-refractivity contribution in [3.05, 3.63) is 71.1 Å². The van der Waals surface area contributed by atoms with Crippen LogP contribution in [0.1, 0.15) is 11.3 Å². The average molecular weight is 417 g/mol. The van der Waals surface area contributed by atoms with Crippen LogP contribution in [0, 0.1) is 0 Å². The summed E-state index contributed by atoms with van der Waals surface area (Å²) in [4.78, 5) is 16.5. The van der Waals surface area contributed by atoms with E-state index in [1.54, 1.807) is 25.5 Å². The number of carbonyl (C=O) groups is 1. The van der Waals surface area contributed by atoms with Crippen molar-refractivity contribution >= 4 is 29.3 Å². The van der Waals surface area contributed by atoms with Gasteiger partial charge in [-0.2, -0.15) is 0 Å². The van der Waals surface area contributed by atoms with E-state index in [0.717, 1.165) is 29.0 Å². The molecule has 0 atom stereocenters. The minimum atomic E-state index is 0.00122. The first kappa shape index (κ1) is 20.3. The molecule has 1 aromatic heterocycles. The number of methoxy groups -OCH3 is 1. The Morgan fingerprint density at radius 2 is 2.00 bits per heavy atom. The van der Waals surface area contributed by atoms with Crippen LogP contribution in [0.4, 0.5) is 0 Å². The number of para-hydroxylation sites is 1. The largest absolute Gasteiger partial charge is 0.496 e. The van der Waals surface area contributed by atoms with Crippen LogP contribution in [0.3, 0.4) is 0 Å². The van der Waals surface area contributed by atoms with Crippen LogP contribution in [-0.4, -0.2) is 30.3 Å². The summed E-state index contributed by atoms with van der Waals surface area (Å²) in [7, 11) is 1.65. The van der Waals surface area contributed by atoms with E-state index in [1.807, 2.05) is 36.4 Å². The van der Waals surface area contributed by atoms with Crippen molar-refractivity contribution in [3.63, 3.8) is 0 Å². The Hall–Kier alpha value is -2.44. The Labute approximate surface area is 173 Å². The molecule has 0 spiro atoms. The molecule has 0 radical (unpaired) electrons. The number of rotatable bonds is 9. The Balaban J connectivity index is 1.39. The van der Waals surface area contributed by atoms with Gasteiger partial charge in [-0.1, -0.05) is 29.8 Å². The molecular weight excluding hydrogens is 396 g/mol. The smallest absolute Gasteiger partial charge is 0.230 e. The Morgan fingerprint density at radius 3 is 2.79 bits per heavy atom. The summed E-state index contributed by atoms with van der Waals surface area (Å²) >= 11 is 7.39. The molecule has 2 aromatic carbocycles. The fraction of sp³-hybridized carbons (Fsp3) is 0.238. The highest BCUT2D eigenvalue weighted by Crippen LogP contribution is 2.22. The summed E-state index contributed by atoms with van der Waals surface area (Å²) in [6.45, 7) is 0.574. The standard InChI is InChI=1S/C21H21ClN2O3S/c1-26-19-5-3-2-4-15(19)10-11-23-20(25)14-28-13-18-12-27-21(24-18)16-6-8-17(22)9-7-16/h2-9,12H,10-11,13-14H2,1H3,(H,23,25). The third kappa shape index (κ3) is 5.78. The molecule has 3 aromatic rings. The lowest BCUT2D eigenvalue weighted by molar-refractivity contribution is -0.118. The molecule has 0 aliphatic rings. The maximum atomic E-state index is 12.0. The molecule has 1 N–H and O–H groups in total. The number of amides is 1. The van der Waals surface area contributed by atoms with Gasteiger partial charge < -0.3 is 14.5 Å². The van der Waals surface area contributed by atoms with E-state index in [4.69, 9.17) is 20.8 Å². The predicted molar refractivity (Wildman–Crippen MR) is 113 cm³/mol. The molecule has 146 valence electrons. The molecule has 0 saturated heterocycles. The number of benzene rings is 2. The molecule has 0 aliphatic carbocycles. The fourth-order valence-electron chi connectivity index (χ4n) is 2.64. The van der Waals surface area contributed by atoms with Crippen molar-refractivity contribution in [2.24, 2.45) is 0 Å². The normalized spacial score (nSPS) is 10.6. The summed E-state index contributed by atoms with van der Waals surface area (Å²) in [5, 5.41) is 3.60. The fourth-order valence-corrected chi connectivity index (χ4v) is 3.50. The van der Waals surface area contributed by atoms with Gasteiger partial charge in [0.25, 0.3) is 0 Å². The molecule has 0 bridgehead atoms. The van der Waals surface area contributed by atoms with E-state index < -0.39 is 0 Å².